The van der Waals surface area contributed by atoms with Crippen LogP contribution in [0.3, 0.4) is 0 Å². The summed E-state index contributed by atoms with van der Waals surface area (Å²) in [4.78, 5) is 0. The first-order valence-corrected chi connectivity index (χ1v) is 14.6. The molecule has 1 aromatic heterocycles. The highest BCUT2D eigenvalue weighted by molar-refractivity contribution is 5.90. The summed E-state index contributed by atoms with van der Waals surface area (Å²) in [5.74, 6) is 7.58. The number of rotatable bonds is 12. The molecule has 0 saturated heterocycles. The largest absolute Gasteiger partial charge is 0.494 e. The number of fused-ring (bicyclic) bond motifs is 1. The van der Waals surface area contributed by atoms with Crippen LogP contribution in [0.1, 0.15) is 85.9 Å². The van der Waals surface area contributed by atoms with Gasteiger partial charge in [-0.1, -0.05) is 56.7 Å². The van der Waals surface area contributed by atoms with Gasteiger partial charge in [-0.25, -0.2) is 4.39 Å². The monoisotopic (exact) mass is 523 g/mol. The Kier molecular flexibility index (Phi) is 10.3. The van der Waals surface area contributed by atoms with Crippen LogP contribution >= 0.6 is 0 Å². The molecule has 0 spiro atoms. The first kappa shape index (κ1) is 28.5. The van der Waals surface area contributed by atoms with E-state index in [0.29, 0.717) is 6.61 Å². The van der Waals surface area contributed by atoms with Crippen molar-refractivity contribution in [3.8, 4) is 17.6 Å². The van der Waals surface area contributed by atoms with E-state index in [1.165, 1.54) is 53.4 Å². The summed E-state index contributed by atoms with van der Waals surface area (Å²) in [5.41, 5.74) is 8.49. The van der Waals surface area contributed by atoms with Crippen molar-refractivity contribution in [1.82, 2.24) is 4.57 Å². The van der Waals surface area contributed by atoms with Crippen LogP contribution in [0.4, 0.5) is 4.39 Å². The molecule has 0 radical (unpaired) electrons. The summed E-state index contributed by atoms with van der Waals surface area (Å²) < 4.78 is 21.7. The lowest BCUT2D eigenvalue weighted by atomic mass is 10.0. The number of para-hydroxylation sites is 1. The van der Waals surface area contributed by atoms with Crippen molar-refractivity contribution in [1.29, 1.82) is 0 Å². The van der Waals surface area contributed by atoms with E-state index >= 15 is 0 Å². The Hall–Kier alpha value is -3.51. The quantitative estimate of drug-likeness (QED) is 0.133. The van der Waals surface area contributed by atoms with E-state index in [4.69, 9.17) is 4.74 Å². The zero-order valence-corrected chi connectivity index (χ0v) is 24.1. The average Bonchev–Trinajstić information content (AvgIpc) is 3.21. The van der Waals surface area contributed by atoms with Crippen LogP contribution < -0.4 is 4.74 Å². The minimum absolute atomic E-state index is 0.169. The van der Waals surface area contributed by atoms with Crippen molar-refractivity contribution < 1.29 is 9.13 Å². The lowest BCUT2D eigenvalue weighted by Crippen LogP contribution is -2.02. The number of hydrogen-bond acceptors (Lipinski definition) is 1. The molecule has 0 unspecified atom stereocenters. The molecule has 204 valence electrons. The van der Waals surface area contributed by atoms with E-state index in [1.807, 2.05) is 37.3 Å². The first-order valence-electron chi connectivity index (χ1n) is 14.6. The third-order valence-corrected chi connectivity index (χ3v) is 7.60. The normalized spacial score (nSPS) is 11.0. The number of hydrogen-bond donors (Lipinski definition) is 0. The topological polar surface area (TPSA) is 14.2 Å². The maximum absolute atomic E-state index is 13.3. The highest BCUT2D eigenvalue weighted by Crippen LogP contribution is 2.30. The Morgan fingerprint density at radius 1 is 0.821 bits per heavy atom. The van der Waals surface area contributed by atoms with Crippen molar-refractivity contribution in [2.75, 3.05) is 6.61 Å². The molecule has 2 nitrogen and oxygen atoms in total. The summed E-state index contributed by atoms with van der Waals surface area (Å²) in [6.07, 6.45) is 8.82. The van der Waals surface area contributed by atoms with Gasteiger partial charge in [0.2, 0.25) is 0 Å². The van der Waals surface area contributed by atoms with Gasteiger partial charge in [-0.2, -0.15) is 0 Å². The molecule has 3 heteroatoms. The van der Waals surface area contributed by atoms with Crippen LogP contribution in [0.25, 0.3) is 10.9 Å². The van der Waals surface area contributed by atoms with Crippen LogP contribution in [0.15, 0.2) is 60.7 Å². The van der Waals surface area contributed by atoms with E-state index in [1.54, 1.807) is 12.1 Å². The fourth-order valence-corrected chi connectivity index (χ4v) is 5.29. The van der Waals surface area contributed by atoms with Gasteiger partial charge in [0.15, 0.2) is 0 Å². The molecule has 4 rings (SSSR count). The predicted octanol–water partition coefficient (Wildman–Crippen LogP) is 9.34. The van der Waals surface area contributed by atoms with Gasteiger partial charge in [-0.3, -0.25) is 0 Å². The number of halogens is 1. The second kappa shape index (κ2) is 14.0. The Balaban J connectivity index is 1.41. The van der Waals surface area contributed by atoms with Gasteiger partial charge in [0.1, 0.15) is 11.6 Å². The van der Waals surface area contributed by atoms with Gasteiger partial charge in [0, 0.05) is 28.8 Å². The Morgan fingerprint density at radius 2 is 1.62 bits per heavy atom. The molecular weight excluding hydrogens is 481 g/mol. The van der Waals surface area contributed by atoms with E-state index in [9.17, 15) is 4.39 Å². The maximum Gasteiger partial charge on any atom is 0.123 e. The third kappa shape index (κ3) is 7.33. The number of aromatic nitrogens is 1. The molecule has 1 heterocycles. The predicted molar refractivity (Wildman–Crippen MR) is 162 cm³/mol. The Bertz CT molecular complexity index is 1440. The molecule has 0 N–H and O–H groups in total. The summed E-state index contributed by atoms with van der Waals surface area (Å²) in [7, 11) is 0. The molecule has 0 saturated carbocycles. The number of benzene rings is 3. The maximum atomic E-state index is 13.3. The highest BCUT2D eigenvalue weighted by Gasteiger charge is 2.15. The van der Waals surface area contributed by atoms with Gasteiger partial charge in [0.05, 0.1) is 12.1 Å². The van der Waals surface area contributed by atoms with Gasteiger partial charge in [-0.15, -0.1) is 0 Å². The minimum atomic E-state index is -0.169. The van der Waals surface area contributed by atoms with Crippen LogP contribution in [0.5, 0.6) is 5.75 Å². The third-order valence-electron chi connectivity index (χ3n) is 7.60. The first-order chi connectivity index (χ1) is 19.0. The van der Waals surface area contributed by atoms with Gasteiger partial charge >= 0.3 is 0 Å². The number of aryl methyl sites for hydroxylation is 4. The number of unbranched alkanes of at least 4 members (excludes halogenated alkanes) is 3. The van der Waals surface area contributed by atoms with Crippen molar-refractivity contribution in [2.45, 2.75) is 85.6 Å². The van der Waals surface area contributed by atoms with E-state index < -0.39 is 0 Å². The van der Waals surface area contributed by atoms with Gasteiger partial charge in [-0.05, 0) is 112 Å². The molecule has 3 aromatic carbocycles. The van der Waals surface area contributed by atoms with Gasteiger partial charge in [0.25, 0.3) is 0 Å². The number of ether oxygens (including phenoxy) is 1. The number of nitrogens with zero attached hydrogens (tertiary/aromatic N) is 1. The Morgan fingerprint density at radius 3 is 2.36 bits per heavy atom. The lowest BCUT2D eigenvalue weighted by Gasteiger charge is -2.09. The van der Waals surface area contributed by atoms with Crippen molar-refractivity contribution in [2.24, 2.45) is 0 Å². The summed E-state index contributed by atoms with van der Waals surface area (Å²) in [6, 6.07) is 19.7. The molecule has 0 aliphatic rings. The summed E-state index contributed by atoms with van der Waals surface area (Å²) in [6.45, 7) is 10.5. The standard InChI is InChI=1S/C36H42FNO/c1-5-7-14-34-28(4)38(24-8-6-2)36-31(13-11-15-35(34)36)19-16-29-17-22-33(23-18-29)39-25-10-9-12-30-20-21-32(37)26-27(30)3/h11,13,15,17-18,20-23,26H,5-10,12,14,24-25H2,1-4H3. The average molecular weight is 524 g/mol. The molecule has 39 heavy (non-hydrogen) atoms. The second-order valence-electron chi connectivity index (χ2n) is 10.5. The van der Waals surface area contributed by atoms with E-state index in [2.05, 4.69) is 55.4 Å². The van der Waals surface area contributed by atoms with Crippen molar-refractivity contribution in [3.63, 3.8) is 0 Å². The molecular formula is C36H42FNO. The molecule has 0 fully saturated rings. The molecule has 4 aromatic rings. The second-order valence-corrected chi connectivity index (χ2v) is 10.5. The lowest BCUT2D eigenvalue weighted by molar-refractivity contribution is 0.307. The van der Waals surface area contributed by atoms with Crippen LogP contribution in [-0.4, -0.2) is 11.2 Å². The van der Waals surface area contributed by atoms with Crippen LogP contribution in [0, 0.1) is 31.5 Å². The van der Waals surface area contributed by atoms with Crippen LogP contribution in [-0.2, 0) is 19.4 Å². The molecule has 0 aliphatic carbocycles. The SMILES string of the molecule is CCCCc1c(C)n(CCCC)c2c(C#Cc3ccc(OCCCCc4ccc(F)cc4C)cc3)cccc12. The zero-order chi connectivity index (χ0) is 27.6. The fraction of sp³-hybridized carbons (Fsp3) is 0.389. The smallest absolute Gasteiger partial charge is 0.123 e. The zero-order valence-electron chi connectivity index (χ0n) is 24.1. The highest BCUT2D eigenvalue weighted by atomic mass is 19.1. The molecule has 0 atom stereocenters. The van der Waals surface area contributed by atoms with E-state index in [0.717, 1.165) is 54.7 Å². The molecule has 0 amide bonds. The summed E-state index contributed by atoms with van der Waals surface area (Å²) in [5, 5.41) is 1.36. The van der Waals surface area contributed by atoms with E-state index in [-0.39, 0.29) is 5.82 Å². The van der Waals surface area contributed by atoms with Crippen molar-refractivity contribution >= 4 is 10.9 Å². The Labute approximate surface area is 234 Å². The van der Waals surface area contributed by atoms with Crippen molar-refractivity contribution in [3.05, 3.63) is 100.0 Å². The summed E-state index contributed by atoms with van der Waals surface area (Å²) >= 11 is 0. The van der Waals surface area contributed by atoms with Gasteiger partial charge < -0.3 is 9.30 Å². The molecule has 0 bridgehead atoms. The molecule has 0 aliphatic heterocycles. The van der Waals surface area contributed by atoms with Crippen LogP contribution in [0.2, 0.25) is 0 Å². The fourth-order valence-electron chi connectivity index (χ4n) is 5.29. The minimum Gasteiger partial charge on any atom is -0.494 e.